The van der Waals surface area contributed by atoms with Gasteiger partial charge in [0.1, 0.15) is 11.6 Å². The monoisotopic (exact) mass is 560 g/mol. The van der Waals surface area contributed by atoms with Gasteiger partial charge in [0, 0.05) is 10.0 Å². The molecule has 0 radical (unpaired) electrons. The standard InChI is InChI=1S/C11H11ClN6.C8H6Cl2N2.C3H6N4/c1-5-3-8-9(4-7(5)12)15-10(14-8)16-11-13-6(2)17-18-11;1-4-2-6-7(3-5(4)9)12-8(10)11-6;1-2-5-3(4)7-6-2/h3-4H,1-2H3,(H3,13,14,15,16,17,18);2-3H,1H3,(H,11,12);1H3,(H3,4,5,6,7). The number of anilines is 3. The molecule has 0 saturated carbocycles. The Labute approximate surface area is 225 Å². The Morgan fingerprint density at radius 3 is 1.78 bits per heavy atom. The van der Waals surface area contributed by atoms with Crippen LogP contribution in [0.15, 0.2) is 24.3 Å². The summed E-state index contributed by atoms with van der Waals surface area (Å²) in [5.74, 6) is 2.86. The van der Waals surface area contributed by atoms with Crippen LogP contribution in [-0.4, -0.2) is 50.3 Å². The SMILES string of the molecule is Cc1cc2[nH]c(Cl)nc2cc1Cl.Cc1nc(N)n[nH]1.Cc1nc(Nc2nc3cc(Cl)c(C)cc3[nH]2)n[nH]1. The quantitative estimate of drug-likeness (QED) is 0.159. The predicted molar refractivity (Wildman–Crippen MR) is 147 cm³/mol. The molecule has 7 N–H and O–H groups in total. The zero-order valence-electron chi connectivity index (χ0n) is 20.2. The third kappa shape index (κ3) is 6.67. The maximum atomic E-state index is 6.06. The fraction of sp³-hybridized carbons (Fsp3) is 0.182. The highest BCUT2D eigenvalue weighted by atomic mass is 35.5. The Balaban J connectivity index is 0.000000144. The van der Waals surface area contributed by atoms with Gasteiger partial charge in [-0.05, 0) is 74.7 Å². The number of nitrogens with one attached hydrogen (secondary N) is 5. The Hall–Kier alpha value is -3.87. The van der Waals surface area contributed by atoms with E-state index in [1.807, 2.05) is 39.0 Å². The topological polar surface area (TPSA) is 179 Å². The Morgan fingerprint density at radius 2 is 1.27 bits per heavy atom. The molecule has 6 aromatic rings. The molecule has 37 heavy (non-hydrogen) atoms. The number of rotatable bonds is 2. The average Bonchev–Trinajstić information content (AvgIpc) is 3.59. The lowest BCUT2D eigenvalue weighted by Crippen LogP contribution is -1.94. The number of hydrogen-bond acceptors (Lipinski definition) is 8. The summed E-state index contributed by atoms with van der Waals surface area (Å²) in [5.41, 5.74) is 10.6. The third-order valence-electron chi connectivity index (χ3n) is 4.94. The molecule has 4 heterocycles. The molecule has 0 bridgehead atoms. The van der Waals surface area contributed by atoms with Crippen molar-refractivity contribution in [3.05, 3.63) is 62.4 Å². The van der Waals surface area contributed by atoms with Crippen LogP contribution < -0.4 is 11.1 Å². The first-order valence-corrected chi connectivity index (χ1v) is 12.0. The molecule has 0 spiro atoms. The van der Waals surface area contributed by atoms with Crippen molar-refractivity contribution in [3.63, 3.8) is 0 Å². The normalized spacial score (nSPS) is 10.7. The Kier molecular flexibility index (Phi) is 7.81. The molecule has 15 heteroatoms. The fourth-order valence-electron chi connectivity index (χ4n) is 3.17. The van der Waals surface area contributed by atoms with E-state index in [2.05, 4.69) is 55.6 Å². The molecule has 0 atom stereocenters. The summed E-state index contributed by atoms with van der Waals surface area (Å²) in [6.07, 6.45) is 0. The second kappa shape index (κ2) is 11.0. The van der Waals surface area contributed by atoms with Gasteiger partial charge in [0.25, 0.3) is 0 Å². The molecule has 4 aromatic heterocycles. The molecule has 192 valence electrons. The number of fused-ring (bicyclic) bond motifs is 2. The van der Waals surface area contributed by atoms with Gasteiger partial charge >= 0.3 is 0 Å². The number of nitrogen functional groups attached to an aromatic ring is 1. The number of benzene rings is 2. The number of nitrogens with zero attached hydrogens (tertiary/aromatic N) is 6. The van der Waals surface area contributed by atoms with Gasteiger partial charge in [-0.1, -0.05) is 23.2 Å². The van der Waals surface area contributed by atoms with E-state index in [1.165, 1.54) is 0 Å². The maximum absolute atomic E-state index is 6.06. The number of aromatic nitrogens is 10. The molecular formula is C22H23Cl3N12. The van der Waals surface area contributed by atoms with Gasteiger partial charge in [-0.15, -0.1) is 10.2 Å². The van der Waals surface area contributed by atoms with Crippen LogP contribution in [0.2, 0.25) is 15.3 Å². The van der Waals surface area contributed by atoms with E-state index in [0.29, 0.717) is 33.2 Å². The third-order valence-corrected chi connectivity index (χ3v) is 5.93. The number of aromatic amines is 4. The van der Waals surface area contributed by atoms with E-state index in [1.54, 1.807) is 13.0 Å². The summed E-state index contributed by atoms with van der Waals surface area (Å²) >= 11 is 17.6. The van der Waals surface area contributed by atoms with Crippen LogP contribution in [0.3, 0.4) is 0 Å². The van der Waals surface area contributed by atoms with Crippen LogP contribution in [0.4, 0.5) is 17.8 Å². The molecule has 0 fully saturated rings. The molecule has 0 unspecified atom stereocenters. The maximum Gasteiger partial charge on any atom is 0.248 e. The lowest BCUT2D eigenvalue weighted by molar-refractivity contribution is 1.04. The van der Waals surface area contributed by atoms with E-state index in [0.717, 1.165) is 44.8 Å². The van der Waals surface area contributed by atoms with Crippen molar-refractivity contribution < 1.29 is 0 Å². The van der Waals surface area contributed by atoms with Crippen LogP contribution >= 0.6 is 34.8 Å². The minimum atomic E-state index is 0.303. The average molecular weight is 562 g/mol. The molecule has 2 aromatic carbocycles. The number of H-pyrrole nitrogens is 4. The molecule has 0 saturated heterocycles. The fourth-order valence-corrected chi connectivity index (χ4v) is 3.68. The van der Waals surface area contributed by atoms with Crippen LogP contribution in [0, 0.1) is 27.7 Å². The van der Waals surface area contributed by atoms with Crippen molar-refractivity contribution in [2.45, 2.75) is 27.7 Å². The Bertz CT molecular complexity index is 1570. The Morgan fingerprint density at radius 1 is 0.703 bits per heavy atom. The van der Waals surface area contributed by atoms with Crippen LogP contribution in [-0.2, 0) is 0 Å². The largest absolute Gasteiger partial charge is 0.367 e. The minimum Gasteiger partial charge on any atom is -0.367 e. The minimum absolute atomic E-state index is 0.303. The highest BCUT2D eigenvalue weighted by Gasteiger charge is 2.08. The van der Waals surface area contributed by atoms with Crippen molar-refractivity contribution in [1.82, 2.24) is 50.3 Å². The smallest absolute Gasteiger partial charge is 0.248 e. The summed E-state index contributed by atoms with van der Waals surface area (Å²) < 4.78 is 0. The van der Waals surface area contributed by atoms with Gasteiger partial charge in [-0.2, -0.15) is 9.97 Å². The number of halogens is 3. The van der Waals surface area contributed by atoms with Gasteiger partial charge in [0.2, 0.25) is 23.1 Å². The number of aryl methyl sites for hydroxylation is 4. The molecular weight excluding hydrogens is 539 g/mol. The summed E-state index contributed by atoms with van der Waals surface area (Å²) in [7, 11) is 0. The molecule has 0 aliphatic heterocycles. The second-order valence-corrected chi connectivity index (χ2v) is 9.17. The van der Waals surface area contributed by atoms with Crippen molar-refractivity contribution in [1.29, 1.82) is 0 Å². The van der Waals surface area contributed by atoms with E-state index >= 15 is 0 Å². The van der Waals surface area contributed by atoms with Crippen LogP contribution in [0.1, 0.15) is 22.8 Å². The van der Waals surface area contributed by atoms with Crippen molar-refractivity contribution in [2.24, 2.45) is 0 Å². The van der Waals surface area contributed by atoms with Crippen LogP contribution in [0.5, 0.6) is 0 Å². The van der Waals surface area contributed by atoms with Crippen molar-refractivity contribution in [3.8, 4) is 0 Å². The van der Waals surface area contributed by atoms with Gasteiger partial charge in [0.15, 0.2) is 0 Å². The van der Waals surface area contributed by atoms with Gasteiger partial charge in [0.05, 0.1) is 22.1 Å². The number of hydrogen-bond donors (Lipinski definition) is 6. The zero-order chi connectivity index (χ0) is 26.7. The zero-order valence-corrected chi connectivity index (χ0v) is 22.5. The van der Waals surface area contributed by atoms with Gasteiger partial charge in [-0.3, -0.25) is 15.5 Å². The molecule has 6 rings (SSSR count). The van der Waals surface area contributed by atoms with E-state index in [-0.39, 0.29) is 0 Å². The highest BCUT2D eigenvalue weighted by Crippen LogP contribution is 2.24. The lowest BCUT2D eigenvalue weighted by Gasteiger charge is -1.95. The van der Waals surface area contributed by atoms with Gasteiger partial charge in [-0.25, -0.2) is 9.97 Å². The predicted octanol–water partition coefficient (Wildman–Crippen LogP) is 5.57. The summed E-state index contributed by atoms with van der Waals surface area (Å²) in [6.45, 7) is 7.52. The summed E-state index contributed by atoms with van der Waals surface area (Å²) in [6, 6.07) is 7.52. The summed E-state index contributed by atoms with van der Waals surface area (Å²) in [5, 5.41) is 17.7. The number of nitrogens with two attached hydrogens (primary N) is 1. The second-order valence-electron chi connectivity index (χ2n) is 8.00. The molecule has 0 amide bonds. The van der Waals surface area contributed by atoms with Gasteiger partial charge < -0.3 is 15.7 Å². The van der Waals surface area contributed by atoms with E-state index < -0.39 is 0 Å². The lowest BCUT2D eigenvalue weighted by atomic mass is 10.2. The molecule has 0 aliphatic carbocycles. The van der Waals surface area contributed by atoms with E-state index in [9.17, 15) is 0 Å². The summed E-state index contributed by atoms with van der Waals surface area (Å²) in [4.78, 5) is 22.4. The molecule has 0 aliphatic rings. The first kappa shape index (κ1) is 26.2. The van der Waals surface area contributed by atoms with Crippen molar-refractivity contribution >= 4 is 74.7 Å². The molecule has 12 nitrogen and oxygen atoms in total. The van der Waals surface area contributed by atoms with Crippen LogP contribution in [0.25, 0.3) is 22.1 Å². The first-order chi connectivity index (χ1) is 17.6. The highest BCUT2D eigenvalue weighted by molar-refractivity contribution is 6.32. The first-order valence-electron chi connectivity index (χ1n) is 10.8. The van der Waals surface area contributed by atoms with E-state index in [4.69, 9.17) is 40.5 Å². The number of imidazole rings is 2. The van der Waals surface area contributed by atoms with Crippen molar-refractivity contribution in [2.75, 3.05) is 11.1 Å².